The lowest BCUT2D eigenvalue weighted by atomic mass is 10.1. The number of thioether (sulfide) groups is 1. The van der Waals surface area contributed by atoms with Crippen molar-refractivity contribution in [2.75, 3.05) is 25.4 Å². The molecule has 0 radical (unpaired) electrons. The first-order chi connectivity index (χ1) is 6.46. The molecule has 90 valence electrons. The molecule has 1 fully saturated rings. The standard InChI is InChI=1S/C10H20N2OS.ClH/c1-8(6-11)9(13)12-4-5-14-10(2,3)7-12;/h8H,4-7,11H2,1-3H3;1H. The van der Waals surface area contributed by atoms with Gasteiger partial charge in [-0.2, -0.15) is 11.8 Å². The van der Waals surface area contributed by atoms with Gasteiger partial charge in [-0.25, -0.2) is 0 Å². The predicted molar refractivity (Wildman–Crippen MR) is 68.6 cm³/mol. The summed E-state index contributed by atoms with van der Waals surface area (Å²) in [5.74, 6) is 1.21. The first kappa shape index (κ1) is 15.1. The van der Waals surface area contributed by atoms with E-state index in [9.17, 15) is 4.79 Å². The minimum absolute atomic E-state index is 0. The van der Waals surface area contributed by atoms with Crippen LogP contribution in [0.1, 0.15) is 20.8 Å². The summed E-state index contributed by atoms with van der Waals surface area (Å²) in [6.45, 7) is 8.44. The molecule has 0 aromatic rings. The van der Waals surface area contributed by atoms with Gasteiger partial charge < -0.3 is 10.6 Å². The fourth-order valence-electron chi connectivity index (χ4n) is 1.62. The fraction of sp³-hybridized carbons (Fsp3) is 0.900. The van der Waals surface area contributed by atoms with Gasteiger partial charge in [-0.3, -0.25) is 4.79 Å². The van der Waals surface area contributed by atoms with Crippen LogP contribution in [0.15, 0.2) is 0 Å². The van der Waals surface area contributed by atoms with E-state index in [1.807, 2.05) is 23.6 Å². The van der Waals surface area contributed by atoms with Crippen molar-refractivity contribution in [3.8, 4) is 0 Å². The average molecular weight is 253 g/mol. The minimum atomic E-state index is -0.0334. The summed E-state index contributed by atoms with van der Waals surface area (Å²) in [5.41, 5.74) is 5.49. The van der Waals surface area contributed by atoms with Crippen molar-refractivity contribution in [3.05, 3.63) is 0 Å². The Bertz CT molecular complexity index is 223. The molecule has 15 heavy (non-hydrogen) atoms. The van der Waals surface area contributed by atoms with Crippen LogP contribution in [0.2, 0.25) is 0 Å². The van der Waals surface area contributed by atoms with Gasteiger partial charge in [-0.1, -0.05) is 6.92 Å². The van der Waals surface area contributed by atoms with Gasteiger partial charge >= 0.3 is 0 Å². The molecule has 0 saturated carbocycles. The minimum Gasteiger partial charge on any atom is -0.340 e. The van der Waals surface area contributed by atoms with Crippen molar-refractivity contribution in [1.82, 2.24) is 4.90 Å². The van der Waals surface area contributed by atoms with Gasteiger partial charge in [0.05, 0.1) is 0 Å². The summed E-state index contributed by atoms with van der Waals surface area (Å²) in [4.78, 5) is 13.8. The Kier molecular flexibility index (Phi) is 5.99. The lowest BCUT2D eigenvalue weighted by Crippen LogP contribution is -2.48. The smallest absolute Gasteiger partial charge is 0.226 e. The van der Waals surface area contributed by atoms with Gasteiger partial charge in [0.1, 0.15) is 0 Å². The third-order valence-corrected chi connectivity index (χ3v) is 3.81. The zero-order valence-corrected chi connectivity index (χ0v) is 11.3. The van der Waals surface area contributed by atoms with E-state index in [0.717, 1.165) is 18.8 Å². The van der Waals surface area contributed by atoms with Crippen LogP contribution in [0, 0.1) is 5.92 Å². The van der Waals surface area contributed by atoms with E-state index in [1.54, 1.807) is 0 Å². The van der Waals surface area contributed by atoms with Gasteiger partial charge in [0.15, 0.2) is 0 Å². The number of carbonyl (C=O) groups excluding carboxylic acids is 1. The highest BCUT2D eigenvalue weighted by atomic mass is 35.5. The Morgan fingerprint density at radius 2 is 2.20 bits per heavy atom. The van der Waals surface area contributed by atoms with Crippen LogP contribution >= 0.6 is 24.2 Å². The van der Waals surface area contributed by atoms with Gasteiger partial charge in [-0.15, -0.1) is 12.4 Å². The van der Waals surface area contributed by atoms with Crippen LogP contribution in [0.4, 0.5) is 0 Å². The van der Waals surface area contributed by atoms with Gasteiger partial charge in [0.2, 0.25) is 5.91 Å². The molecular weight excluding hydrogens is 232 g/mol. The first-order valence-electron chi connectivity index (χ1n) is 5.09. The van der Waals surface area contributed by atoms with E-state index in [-0.39, 0.29) is 29.0 Å². The molecule has 2 N–H and O–H groups in total. The number of nitrogens with zero attached hydrogens (tertiary/aromatic N) is 1. The van der Waals surface area contributed by atoms with Crippen molar-refractivity contribution in [2.45, 2.75) is 25.5 Å². The van der Waals surface area contributed by atoms with Crippen LogP contribution in [-0.4, -0.2) is 40.9 Å². The van der Waals surface area contributed by atoms with Crippen molar-refractivity contribution >= 4 is 30.1 Å². The maximum Gasteiger partial charge on any atom is 0.226 e. The van der Waals surface area contributed by atoms with Crippen LogP contribution in [-0.2, 0) is 4.79 Å². The molecule has 1 rings (SSSR count). The van der Waals surface area contributed by atoms with Crippen molar-refractivity contribution in [2.24, 2.45) is 11.7 Å². The predicted octanol–water partition coefficient (Wildman–Crippen LogP) is 1.36. The summed E-state index contributed by atoms with van der Waals surface area (Å²) in [5, 5.41) is 0. The Labute approximate surface area is 103 Å². The molecule has 0 aliphatic carbocycles. The molecule has 5 heteroatoms. The summed E-state index contributed by atoms with van der Waals surface area (Å²) in [7, 11) is 0. The normalized spacial score (nSPS) is 21.7. The molecule has 0 aromatic heterocycles. The third kappa shape index (κ3) is 4.21. The van der Waals surface area contributed by atoms with Crippen molar-refractivity contribution in [3.63, 3.8) is 0 Å². The summed E-state index contributed by atoms with van der Waals surface area (Å²) >= 11 is 1.94. The highest BCUT2D eigenvalue weighted by Crippen LogP contribution is 2.29. The summed E-state index contributed by atoms with van der Waals surface area (Å²) in [6.07, 6.45) is 0. The maximum atomic E-state index is 11.9. The van der Waals surface area contributed by atoms with E-state index < -0.39 is 0 Å². The lowest BCUT2D eigenvalue weighted by Gasteiger charge is -2.38. The van der Waals surface area contributed by atoms with Crippen LogP contribution in [0.3, 0.4) is 0 Å². The van der Waals surface area contributed by atoms with E-state index in [0.29, 0.717) is 6.54 Å². The largest absolute Gasteiger partial charge is 0.340 e. The quantitative estimate of drug-likeness (QED) is 0.807. The van der Waals surface area contributed by atoms with E-state index >= 15 is 0 Å². The maximum absolute atomic E-state index is 11.9. The SMILES string of the molecule is CC(CN)C(=O)N1CCSC(C)(C)C1.Cl. The average Bonchev–Trinajstić information content (AvgIpc) is 2.14. The monoisotopic (exact) mass is 252 g/mol. The second-order valence-electron chi connectivity index (χ2n) is 4.50. The lowest BCUT2D eigenvalue weighted by molar-refractivity contribution is -0.134. The third-order valence-electron chi connectivity index (χ3n) is 2.51. The molecule has 1 aliphatic heterocycles. The number of halogens is 1. The highest BCUT2D eigenvalue weighted by molar-refractivity contribution is 8.00. The fourth-order valence-corrected chi connectivity index (χ4v) is 2.73. The van der Waals surface area contributed by atoms with Gasteiger partial charge in [-0.05, 0) is 13.8 Å². The molecule has 1 atom stereocenters. The molecule has 0 spiro atoms. The molecule has 0 aromatic carbocycles. The van der Waals surface area contributed by atoms with E-state index in [1.165, 1.54) is 0 Å². The second kappa shape index (κ2) is 5.97. The van der Waals surface area contributed by atoms with Gasteiger partial charge in [0.25, 0.3) is 0 Å². The number of amides is 1. The van der Waals surface area contributed by atoms with Gasteiger partial charge in [0, 0.05) is 36.1 Å². The zero-order chi connectivity index (χ0) is 10.8. The Morgan fingerprint density at radius 1 is 1.60 bits per heavy atom. The van der Waals surface area contributed by atoms with Crippen LogP contribution in [0.5, 0.6) is 0 Å². The molecule has 1 saturated heterocycles. The number of nitrogens with two attached hydrogens (primary N) is 1. The van der Waals surface area contributed by atoms with Crippen LogP contribution < -0.4 is 5.73 Å². The van der Waals surface area contributed by atoms with Crippen LogP contribution in [0.25, 0.3) is 0 Å². The molecule has 1 heterocycles. The van der Waals surface area contributed by atoms with Crippen molar-refractivity contribution in [1.29, 1.82) is 0 Å². The Morgan fingerprint density at radius 3 is 2.67 bits per heavy atom. The number of hydrogen-bond donors (Lipinski definition) is 1. The number of carbonyl (C=O) groups is 1. The molecule has 1 amide bonds. The summed E-state index contributed by atoms with van der Waals surface area (Å²) < 4.78 is 0.197. The number of rotatable bonds is 2. The Balaban J connectivity index is 0.00000196. The molecule has 1 unspecified atom stereocenters. The van der Waals surface area contributed by atoms with E-state index in [2.05, 4.69) is 13.8 Å². The van der Waals surface area contributed by atoms with E-state index in [4.69, 9.17) is 5.73 Å². The summed E-state index contributed by atoms with van der Waals surface area (Å²) in [6, 6.07) is 0. The van der Waals surface area contributed by atoms with Crippen molar-refractivity contribution < 1.29 is 4.79 Å². The molecule has 3 nitrogen and oxygen atoms in total. The topological polar surface area (TPSA) is 46.3 Å². The zero-order valence-electron chi connectivity index (χ0n) is 9.66. The molecule has 0 bridgehead atoms. The highest BCUT2D eigenvalue weighted by Gasteiger charge is 2.31. The molecular formula is C10H21ClN2OS. The second-order valence-corrected chi connectivity index (χ2v) is 6.31. The number of hydrogen-bond acceptors (Lipinski definition) is 3. The Hall–Kier alpha value is 0.0700. The molecule has 1 aliphatic rings. The first-order valence-corrected chi connectivity index (χ1v) is 6.07.